The summed E-state index contributed by atoms with van der Waals surface area (Å²) in [7, 11) is 0. The second-order valence-electron chi connectivity index (χ2n) is 4.75. The average Bonchev–Trinajstić information content (AvgIpc) is 2.44. The van der Waals surface area contributed by atoms with E-state index in [0.29, 0.717) is 11.5 Å². The zero-order valence-corrected chi connectivity index (χ0v) is 12.0. The summed E-state index contributed by atoms with van der Waals surface area (Å²) in [6, 6.07) is 14.0. The van der Waals surface area contributed by atoms with Gasteiger partial charge in [-0.05, 0) is 38.1 Å². The number of rotatable bonds is 4. The lowest BCUT2D eigenvalue weighted by atomic mass is 10.2. The first-order chi connectivity index (χ1) is 10.0. The summed E-state index contributed by atoms with van der Waals surface area (Å²) in [6.07, 6.45) is -0.429. The van der Waals surface area contributed by atoms with Crippen molar-refractivity contribution in [2.45, 2.75) is 20.3 Å². The van der Waals surface area contributed by atoms with Gasteiger partial charge < -0.3 is 9.47 Å². The lowest BCUT2D eigenvalue weighted by Gasteiger charge is -2.06. The van der Waals surface area contributed by atoms with Crippen LogP contribution in [0.15, 0.2) is 48.5 Å². The number of benzene rings is 2. The molecule has 2 aromatic carbocycles. The summed E-state index contributed by atoms with van der Waals surface area (Å²) >= 11 is 0. The molecule has 0 heterocycles. The second-order valence-corrected chi connectivity index (χ2v) is 4.75. The normalized spacial score (nSPS) is 10.0. The van der Waals surface area contributed by atoms with Crippen LogP contribution in [0.2, 0.25) is 0 Å². The molecule has 2 aromatic rings. The zero-order valence-electron chi connectivity index (χ0n) is 12.0. The Kier molecular flexibility index (Phi) is 4.72. The van der Waals surface area contributed by atoms with Gasteiger partial charge >= 0.3 is 11.9 Å². The summed E-state index contributed by atoms with van der Waals surface area (Å²) in [5.41, 5.74) is 2.13. The fourth-order valence-electron chi connectivity index (χ4n) is 1.67. The maximum Gasteiger partial charge on any atom is 0.322 e. The molecule has 0 unspecified atom stereocenters. The van der Waals surface area contributed by atoms with Gasteiger partial charge in [0.15, 0.2) is 0 Å². The summed E-state index contributed by atoms with van der Waals surface area (Å²) in [4.78, 5) is 23.3. The van der Waals surface area contributed by atoms with Gasteiger partial charge in [-0.3, -0.25) is 9.59 Å². The molecule has 108 valence electrons. The molecule has 4 nitrogen and oxygen atoms in total. The maximum atomic E-state index is 11.6. The average molecular weight is 284 g/mol. The fraction of sp³-hybridized carbons (Fsp3) is 0.176. The summed E-state index contributed by atoms with van der Waals surface area (Å²) in [6.45, 7) is 3.87. The highest BCUT2D eigenvalue weighted by molar-refractivity contribution is 5.93. The molecule has 0 atom stereocenters. The standard InChI is InChI=1S/C17H16O4/c1-12-3-7-14(8-4-12)20-16(18)11-17(19)21-15-9-5-13(2)6-10-15/h3-10H,11H2,1-2H3. The number of esters is 2. The summed E-state index contributed by atoms with van der Waals surface area (Å²) < 4.78 is 10.1. The SMILES string of the molecule is Cc1ccc(OC(=O)CC(=O)Oc2ccc(C)cc2)cc1. The minimum atomic E-state index is -0.643. The predicted molar refractivity (Wildman–Crippen MR) is 78.2 cm³/mol. The molecule has 0 amide bonds. The molecule has 0 saturated carbocycles. The quantitative estimate of drug-likeness (QED) is 0.491. The van der Waals surface area contributed by atoms with Crippen molar-refractivity contribution in [3.05, 3.63) is 59.7 Å². The van der Waals surface area contributed by atoms with E-state index in [1.165, 1.54) is 0 Å². The topological polar surface area (TPSA) is 52.6 Å². The Morgan fingerprint density at radius 2 is 1.05 bits per heavy atom. The van der Waals surface area contributed by atoms with Gasteiger partial charge in [-0.1, -0.05) is 35.4 Å². The lowest BCUT2D eigenvalue weighted by Crippen LogP contribution is -2.18. The molecule has 0 N–H and O–H groups in total. The van der Waals surface area contributed by atoms with Crippen LogP contribution in [0, 0.1) is 13.8 Å². The third-order valence-corrected chi connectivity index (χ3v) is 2.79. The van der Waals surface area contributed by atoms with Crippen molar-refractivity contribution in [1.29, 1.82) is 0 Å². The Labute approximate surface area is 123 Å². The first kappa shape index (κ1) is 14.8. The van der Waals surface area contributed by atoms with Crippen LogP contribution in [-0.4, -0.2) is 11.9 Å². The van der Waals surface area contributed by atoms with Gasteiger partial charge in [-0.2, -0.15) is 0 Å². The van der Waals surface area contributed by atoms with Crippen molar-refractivity contribution in [1.82, 2.24) is 0 Å². The van der Waals surface area contributed by atoms with Crippen LogP contribution in [0.1, 0.15) is 17.5 Å². The van der Waals surface area contributed by atoms with E-state index in [4.69, 9.17) is 9.47 Å². The van der Waals surface area contributed by atoms with E-state index in [9.17, 15) is 9.59 Å². The lowest BCUT2D eigenvalue weighted by molar-refractivity contribution is -0.144. The minimum Gasteiger partial charge on any atom is -0.426 e. The van der Waals surface area contributed by atoms with Gasteiger partial charge in [-0.15, -0.1) is 0 Å². The molecule has 0 aliphatic heterocycles. The molecule has 4 heteroatoms. The van der Waals surface area contributed by atoms with E-state index in [0.717, 1.165) is 11.1 Å². The van der Waals surface area contributed by atoms with E-state index < -0.39 is 18.4 Å². The third-order valence-electron chi connectivity index (χ3n) is 2.79. The van der Waals surface area contributed by atoms with E-state index in [1.54, 1.807) is 24.3 Å². The van der Waals surface area contributed by atoms with Gasteiger partial charge in [0.25, 0.3) is 0 Å². The smallest absolute Gasteiger partial charge is 0.322 e. The molecule has 0 radical (unpaired) electrons. The van der Waals surface area contributed by atoms with E-state index >= 15 is 0 Å². The van der Waals surface area contributed by atoms with Gasteiger partial charge in [0.2, 0.25) is 0 Å². The van der Waals surface area contributed by atoms with Crippen molar-refractivity contribution >= 4 is 11.9 Å². The van der Waals surface area contributed by atoms with E-state index in [-0.39, 0.29) is 0 Å². The van der Waals surface area contributed by atoms with Crippen LogP contribution in [0.25, 0.3) is 0 Å². The highest BCUT2D eigenvalue weighted by Gasteiger charge is 2.13. The van der Waals surface area contributed by atoms with Gasteiger partial charge in [0, 0.05) is 0 Å². The molecular weight excluding hydrogens is 268 g/mol. The van der Waals surface area contributed by atoms with Crippen molar-refractivity contribution in [3.63, 3.8) is 0 Å². The molecule has 0 aliphatic carbocycles. The molecule has 0 fully saturated rings. The number of hydrogen-bond donors (Lipinski definition) is 0. The first-order valence-electron chi connectivity index (χ1n) is 6.57. The van der Waals surface area contributed by atoms with Crippen molar-refractivity contribution in [2.24, 2.45) is 0 Å². The second kappa shape index (κ2) is 6.70. The molecule has 0 aliphatic rings. The Bertz CT molecular complexity index is 569. The number of hydrogen-bond acceptors (Lipinski definition) is 4. The molecule has 2 rings (SSSR count). The molecule has 0 saturated heterocycles. The maximum absolute atomic E-state index is 11.6. The Morgan fingerprint density at radius 1 is 0.714 bits per heavy atom. The number of aryl methyl sites for hydroxylation is 2. The van der Waals surface area contributed by atoms with Crippen molar-refractivity contribution in [3.8, 4) is 11.5 Å². The van der Waals surface area contributed by atoms with Crippen LogP contribution in [0.3, 0.4) is 0 Å². The molecule has 0 aromatic heterocycles. The minimum absolute atomic E-state index is 0.411. The largest absolute Gasteiger partial charge is 0.426 e. The Morgan fingerprint density at radius 3 is 1.38 bits per heavy atom. The summed E-state index contributed by atoms with van der Waals surface area (Å²) in [5, 5.41) is 0. The monoisotopic (exact) mass is 284 g/mol. The van der Waals surface area contributed by atoms with Crippen molar-refractivity contribution in [2.75, 3.05) is 0 Å². The van der Waals surface area contributed by atoms with Gasteiger partial charge in [0.05, 0.1) is 0 Å². The third kappa shape index (κ3) is 4.76. The number of carbonyl (C=O) groups excluding carboxylic acids is 2. The van der Waals surface area contributed by atoms with Crippen molar-refractivity contribution < 1.29 is 19.1 Å². The first-order valence-corrected chi connectivity index (χ1v) is 6.57. The molecular formula is C17H16O4. The Balaban J connectivity index is 1.85. The molecule has 21 heavy (non-hydrogen) atoms. The van der Waals surface area contributed by atoms with E-state index in [2.05, 4.69) is 0 Å². The highest BCUT2D eigenvalue weighted by Crippen LogP contribution is 2.14. The van der Waals surface area contributed by atoms with Gasteiger partial charge in [0.1, 0.15) is 17.9 Å². The van der Waals surface area contributed by atoms with Crippen LogP contribution < -0.4 is 9.47 Å². The molecule has 0 spiro atoms. The number of carbonyl (C=O) groups is 2. The number of ether oxygens (including phenoxy) is 2. The zero-order chi connectivity index (χ0) is 15.2. The van der Waals surface area contributed by atoms with Gasteiger partial charge in [-0.25, -0.2) is 0 Å². The van der Waals surface area contributed by atoms with Crippen LogP contribution in [0.5, 0.6) is 11.5 Å². The van der Waals surface area contributed by atoms with Crippen LogP contribution in [0.4, 0.5) is 0 Å². The Hall–Kier alpha value is -2.62. The summed E-state index contributed by atoms with van der Waals surface area (Å²) in [5.74, 6) is -0.464. The van der Waals surface area contributed by atoms with E-state index in [1.807, 2.05) is 38.1 Å². The fourth-order valence-corrected chi connectivity index (χ4v) is 1.67. The van der Waals surface area contributed by atoms with Crippen LogP contribution >= 0.6 is 0 Å². The highest BCUT2D eigenvalue weighted by atomic mass is 16.6. The predicted octanol–water partition coefficient (Wildman–Crippen LogP) is 3.20. The molecule has 0 bridgehead atoms. The van der Waals surface area contributed by atoms with Crippen LogP contribution in [-0.2, 0) is 9.59 Å².